The predicted molar refractivity (Wildman–Crippen MR) is 41.6 cm³/mol. The summed E-state index contributed by atoms with van der Waals surface area (Å²) in [6, 6.07) is 7.91. The number of benzene rings is 1. The van der Waals surface area contributed by atoms with E-state index in [4.69, 9.17) is 11.2 Å². The number of hydrogen-bond donors (Lipinski definition) is 0. The number of halogens is 2. The molecule has 0 spiro atoms. The minimum Gasteiger partial charge on any atom is -0.410 e. The normalized spacial score (nSPS) is 15.5. The molecular formula is C6H5ClFO2P. The fraction of sp³-hybridized carbons (Fsp3) is 0. The van der Waals surface area contributed by atoms with Crippen LogP contribution in [0, 0.1) is 0 Å². The van der Waals surface area contributed by atoms with E-state index in [0.717, 1.165) is 0 Å². The molecule has 1 aromatic carbocycles. The Kier molecular flexibility index (Phi) is 2.53. The third-order valence-electron chi connectivity index (χ3n) is 0.955. The van der Waals surface area contributed by atoms with Gasteiger partial charge in [0.15, 0.2) is 0 Å². The van der Waals surface area contributed by atoms with Gasteiger partial charge in [0.2, 0.25) is 0 Å². The second-order valence-corrected chi connectivity index (χ2v) is 4.04. The zero-order valence-corrected chi connectivity index (χ0v) is 7.06. The van der Waals surface area contributed by atoms with Crippen molar-refractivity contribution >= 4 is 18.3 Å². The van der Waals surface area contributed by atoms with Crippen molar-refractivity contribution < 1.29 is 13.3 Å². The summed E-state index contributed by atoms with van der Waals surface area (Å²) in [5.74, 6) is 0.160. The minimum absolute atomic E-state index is 0.160. The molecule has 2 nitrogen and oxygen atoms in total. The van der Waals surface area contributed by atoms with Crippen molar-refractivity contribution in [3.05, 3.63) is 30.3 Å². The molecule has 0 saturated carbocycles. The molecule has 5 heteroatoms. The van der Waals surface area contributed by atoms with Crippen LogP contribution in [0.1, 0.15) is 0 Å². The third-order valence-corrected chi connectivity index (χ3v) is 1.59. The molecular weight excluding hydrogens is 189 g/mol. The summed E-state index contributed by atoms with van der Waals surface area (Å²) in [5, 5.41) is 0. The molecule has 1 rings (SSSR count). The molecule has 0 fully saturated rings. The van der Waals surface area contributed by atoms with Crippen molar-refractivity contribution in [1.82, 2.24) is 0 Å². The summed E-state index contributed by atoms with van der Waals surface area (Å²) in [6.07, 6.45) is 0. The van der Waals surface area contributed by atoms with Crippen molar-refractivity contribution in [1.29, 1.82) is 0 Å². The van der Waals surface area contributed by atoms with Crippen LogP contribution in [0.4, 0.5) is 4.20 Å². The lowest BCUT2D eigenvalue weighted by atomic mass is 10.3. The summed E-state index contributed by atoms with van der Waals surface area (Å²) in [7, 11) is -4.42. The van der Waals surface area contributed by atoms with Crippen molar-refractivity contribution in [3.63, 3.8) is 0 Å². The van der Waals surface area contributed by atoms with Crippen LogP contribution in [-0.2, 0) is 4.57 Å². The third kappa shape index (κ3) is 3.40. The van der Waals surface area contributed by atoms with Gasteiger partial charge in [-0.25, -0.2) is 4.57 Å². The first kappa shape index (κ1) is 8.57. The highest BCUT2D eigenvalue weighted by Gasteiger charge is 2.18. The zero-order chi connectivity index (χ0) is 8.32. The van der Waals surface area contributed by atoms with Gasteiger partial charge in [-0.15, -0.1) is 4.20 Å². The topological polar surface area (TPSA) is 26.3 Å². The maximum absolute atomic E-state index is 12.2. The molecule has 1 unspecified atom stereocenters. The molecule has 1 aromatic rings. The Morgan fingerprint density at radius 2 is 1.91 bits per heavy atom. The lowest BCUT2D eigenvalue weighted by molar-refractivity contribution is 0.455. The maximum atomic E-state index is 12.2. The molecule has 0 saturated heterocycles. The average Bonchev–Trinajstić information content (AvgIpc) is 1.85. The Hall–Kier alpha value is -0.530. The molecule has 0 aliphatic heterocycles. The number of para-hydroxylation sites is 1. The first-order valence-electron chi connectivity index (χ1n) is 2.82. The number of hydrogen-bond acceptors (Lipinski definition) is 2. The van der Waals surface area contributed by atoms with Gasteiger partial charge in [0.25, 0.3) is 0 Å². The van der Waals surface area contributed by atoms with Gasteiger partial charge in [-0.1, -0.05) is 18.2 Å². The highest BCUT2D eigenvalue weighted by atomic mass is 35.7. The Morgan fingerprint density at radius 3 is 2.36 bits per heavy atom. The van der Waals surface area contributed by atoms with E-state index < -0.39 is 7.03 Å². The van der Waals surface area contributed by atoms with E-state index >= 15 is 0 Å². The monoisotopic (exact) mass is 194 g/mol. The van der Waals surface area contributed by atoms with Gasteiger partial charge < -0.3 is 4.52 Å². The van der Waals surface area contributed by atoms with E-state index in [1.165, 1.54) is 12.1 Å². The van der Waals surface area contributed by atoms with Crippen LogP contribution >= 0.6 is 18.3 Å². The van der Waals surface area contributed by atoms with E-state index in [2.05, 4.69) is 4.52 Å². The second-order valence-electron chi connectivity index (χ2n) is 1.82. The van der Waals surface area contributed by atoms with Gasteiger partial charge in [0.05, 0.1) is 0 Å². The summed E-state index contributed by atoms with van der Waals surface area (Å²) in [4.78, 5) is 0. The lowest BCUT2D eigenvalue weighted by Gasteiger charge is -2.02. The smallest absolute Gasteiger partial charge is 0.410 e. The highest BCUT2D eigenvalue weighted by molar-refractivity contribution is 7.81. The lowest BCUT2D eigenvalue weighted by Crippen LogP contribution is -1.79. The largest absolute Gasteiger partial charge is 0.514 e. The molecule has 1 atom stereocenters. The Bertz CT molecular complexity index is 271. The van der Waals surface area contributed by atoms with Gasteiger partial charge in [-0.05, 0) is 12.1 Å². The molecule has 0 heterocycles. The van der Waals surface area contributed by atoms with Crippen molar-refractivity contribution in [2.24, 2.45) is 0 Å². The summed E-state index contributed by atoms with van der Waals surface area (Å²) >= 11 is 4.73. The van der Waals surface area contributed by atoms with Gasteiger partial charge >= 0.3 is 7.03 Å². The minimum atomic E-state index is -4.42. The second kappa shape index (κ2) is 3.24. The fourth-order valence-electron chi connectivity index (χ4n) is 0.604. The van der Waals surface area contributed by atoms with E-state index in [0.29, 0.717) is 0 Å². The summed E-state index contributed by atoms with van der Waals surface area (Å²) in [6.45, 7) is 0. The van der Waals surface area contributed by atoms with Gasteiger partial charge in [-0.3, -0.25) is 0 Å². The Balaban J connectivity index is 2.74. The molecule has 0 amide bonds. The highest BCUT2D eigenvalue weighted by Crippen LogP contribution is 2.53. The summed E-state index contributed by atoms with van der Waals surface area (Å²) < 4.78 is 26.7. The first-order valence-corrected chi connectivity index (χ1v) is 5.24. The molecule has 60 valence electrons. The quantitative estimate of drug-likeness (QED) is 0.675. The molecule has 0 bridgehead atoms. The van der Waals surface area contributed by atoms with Crippen molar-refractivity contribution in [2.45, 2.75) is 0 Å². The average molecular weight is 195 g/mol. The van der Waals surface area contributed by atoms with Gasteiger partial charge in [-0.2, -0.15) is 0 Å². The Labute approximate surface area is 68.3 Å². The standard InChI is InChI=1S/C6H5ClFO2P/c7-11(8,9)10-6-4-2-1-3-5-6/h1-5H. The maximum Gasteiger partial charge on any atom is 0.514 e. The van der Waals surface area contributed by atoms with E-state index in [-0.39, 0.29) is 5.75 Å². The van der Waals surface area contributed by atoms with Gasteiger partial charge in [0, 0.05) is 11.2 Å². The molecule has 11 heavy (non-hydrogen) atoms. The summed E-state index contributed by atoms with van der Waals surface area (Å²) in [5.41, 5.74) is 0. The van der Waals surface area contributed by atoms with E-state index in [1.807, 2.05) is 0 Å². The van der Waals surface area contributed by atoms with Crippen LogP contribution in [0.3, 0.4) is 0 Å². The van der Waals surface area contributed by atoms with Crippen LogP contribution in [-0.4, -0.2) is 0 Å². The SMILES string of the molecule is O=P(F)(Cl)Oc1ccccc1. The zero-order valence-electron chi connectivity index (χ0n) is 5.41. The van der Waals surface area contributed by atoms with E-state index in [1.54, 1.807) is 18.2 Å². The fourth-order valence-corrected chi connectivity index (χ4v) is 1.21. The van der Waals surface area contributed by atoms with Crippen LogP contribution in [0.15, 0.2) is 30.3 Å². The molecule has 0 aromatic heterocycles. The van der Waals surface area contributed by atoms with Crippen LogP contribution in [0.25, 0.3) is 0 Å². The predicted octanol–water partition coefficient (Wildman–Crippen LogP) is 3.38. The molecule has 0 N–H and O–H groups in total. The van der Waals surface area contributed by atoms with Crippen LogP contribution in [0.5, 0.6) is 5.75 Å². The van der Waals surface area contributed by atoms with E-state index in [9.17, 15) is 8.76 Å². The van der Waals surface area contributed by atoms with Crippen LogP contribution in [0.2, 0.25) is 0 Å². The number of rotatable bonds is 2. The van der Waals surface area contributed by atoms with Crippen molar-refractivity contribution in [2.75, 3.05) is 0 Å². The molecule has 0 aliphatic carbocycles. The first-order chi connectivity index (χ1) is 5.08. The van der Waals surface area contributed by atoms with Crippen molar-refractivity contribution in [3.8, 4) is 5.75 Å². The van der Waals surface area contributed by atoms with Gasteiger partial charge in [0.1, 0.15) is 5.75 Å². The Morgan fingerprint density at radius 1 is 1.36 bits per heavy atom. The molecule has 0 radical (unpaired) electrons. The molecule has 0 aliphatic rings. The van der Waals surface area contributed by atoms with Crippen LogP contribution < -0.4 is 4.52 Å².